The Morgan fingerprint density at radius 1 is 1.31 bits per heavy atom. The maximum atomic E-state index is 11.1. The Balaban J connectivity index is 2.67. The van der Waals surface area contributed by atoms with E-state index >= 15 is 0 Å². The lowest BCUT2D eigenvalue weighted by Gasteiger charge is -2.32. The minimum atomic E-state index is 0.308. The molecule has 0 aromatic carbocycles. The van der Waals surface area contributed by atoms with Gasteiger partial charge in [0.25, 0.3) is 0 Å². The Hall–Kier alpha value is -0.590. The topological polar surface area (TPSA) is 17.1 Å². The molecule has 0 saturated heterocycles. The SMILES string of the molecule is CCCC1(CCC)C=CC(=O)CC1. The zero-order valence-electron chi connectivity index (χ0n) is 8.81. The van der Waals surface area contributed by atoms with E-state index in [1.807, 2.05) is 0 Å². The average Bonchev–Trinajstić information content (AvgIpc) is 2.11. The molecule has 1 nitrogen and oxygen atoms in total. The normalized spacial score (nSPS) is 20.6. The molecular weight excluding hydrogens is 160 g/mol. The molecule has 0 bridgehead atoms. The van der Waals surface area contributed by atoms with Gasteiger partial charge < -0.3 is 0 Å². The van der Waals surface area contributed by atoms with Crippen LogP contribution in [0.5, 0.6) is 0 Å². The molecule has 0 spiro atoms. The van der Waals surface area contributed by atoms with Crippen molar-refractivity contribution in [2.45, 2.75) is 52.4 Å². The molecule has 0 heterocycles. The Bertz CT molecular complexity index is 197. The monoisotopic (exact) mass is 180 g/mol. The van der Waals surface area contributed by atoms with Crippen molar-refractivity contribution < 1.29 is 4.79 Å². The number of allylic oxidation sites excluding steroid dienone is 2. The molecule has 1 aliphatic carbocycles. The van der Waals surface area contributed by atoms with Gasteiger partial charge in [-0.25, -0.2) is 0 Å². The summed E-state index contributed by atoms with van der Waals surface area (Å²) in [5.41, 5.74) is 0.359. The van der Waals surface area contributed by atoms with Gasteiger partial charge in [-0.05, 0) is 30.8 Å². The molecule has 1 rings (SSSR count). The molecule has 0 aliphatic heterocycles. The molecule has 74 valence electrons. The molecule has 0 aromatic rings. The van der Waals surface area contributed by atoms with Crippen molar-refractivity contribution in [3.63, 3.8) is 0 Å². The Kier molecular flexibility index (Phi) is 3.71. The second-order valence-corrected chi connectivity index (χ2v) is 4.16. The van der Waals surface area contributed by atoms with E-state index < -0.39 is 0 Å². The summed E-state index contributed by atoms with van der Waals surface area (Å²) in [5.74, 6) is 0.308. The summed E-state index contributed by atoms with van der Waals surface area (Å²) in [6.07, 6.45) is 10.7. The lowest BCUT2D eigenvalue weighted by molar-refractivity contribution is -0.115. The maximum absolute atomic E-state index is 11.1. The van der Waals surface area contributed by atoms with Crippen LogP contribution in [0.2, 0.25) is 0 Å². The first-order chi connectivity index (χ1) is 6.22. The zero-order valence-corrected chi connectivity index (χ0v) is 8.81. The van der Waals surface area contributed by atoms with Crippen LogP contribution >= 0.6 is 0 Å². The highest BCUT2D eigenvalue weighted by Gasteiger charge is 2.28. The van der Waals surface area contributed by atoms with Crippen LogP contribution in [0.4, 0.5) is 0 Å². The predicted octanol–water partition coefficient (Wildman–Crippen LogP) is 3.49. The Labute approximate surface area is 81.2 Å². The van der Waals surface area contributed by atoms with Gasteiger partial charge in [-0.2, -0.15) is 0 Å². The smallest absolute Gasteiger partial charge is 0.155 e. The first-order valence-electron chi connectivity index (χ1n) is 5.44. The first kappa shape index (κ1) is 10.5. The van der Waals surface area contributed by atoms with E-state index in [0.29, 0.717) is 11.2 Å². The molecule has 0 saturated carbocycles. The lowest BCUT2D eigenvalue weighted by atomic mass is 9.72. The van der Waals surface area contributed by atoms with Crippen LogP contribution in [0, 0.1) is 5.41 Å². The highest BCUT2D eigenvalue weighted by molar-refractivity contribution is 5.90. The standard InChI is InChI=1S/C12H20O/c1-3-7-12(8-4-2)9-5-11(13)6-10-12/h5,9H,3-4,6-8,10H2,1-2H3. The van der Waals surface area contributed by atoms with Crippen LogP contribution < -0.4 is 0 Å². The lowest BCUT2D eigenvalue weighted by Crippen LogP contribution is -2.22. The number of rotatable bonds is 4. The zero-order chi connectivity index (χ0) is 9.73. The summed E-state index contributed by atoms with van der Waals surface area (Å²) < 4.78 is 0. The van der Waals surface area contributed by atoms with E-state index in [9.17, 15) is 4.79 Å². The van der Waals surface area contributed by atoms with Gasteiger partial charge in [-0.3, -0.25) is 4.79 Å². The molecule has 0 N–H and O–H groups in total. The highest BCUT2D eigenvalue weighted by Crippen LogP contribution is 2.38. The fraction of sp³-hybridized carbons (Fsp3) is 0.750. The predicted molar refractivity (Wildman–Crippen MR) is 55.6 cm³/mol. The van der Waals surface area contributed by atoms with Gasteiger partial charge in [-0.15, -0.1) is 0 Å². The van der Waals surface area contributed by atoms with Crippen molar-refractivity contribution in [1.29, 1.82) is 0 Å². The molecule has 0 atom stereocenters. The Morgan fingerprint density at radius 3 is 2.31 bits per heavy atom. The van der Waals surface area contributed by atoms with Gasteiger partial charge in [0.2, 0.25) is 0 Å². The summed E-state index contributed by atoms with van der Waals surface area (Å²) in [4.78, 5) is 11.1. The summed E-state index contributed by atoms with van der Waals surface area (Å²) >= 11 is 0. The van der Waals surface area contributed by atoms with Crippen LogP contribution in [0.1, 0.15) is 52.4 Å². The molecule has 0 fully saturated rings. The minimum Gasteiger partial charge on any atom is -0.295 e. The van der Waals surface area contributed by atoms with Crippen molar-refractivity contribution in [1.82, 2.24) is 0 Å². The van der Waals surface area contributed by atoms with Crippen LogP contribution in [0.3, 0.4) is 0 Å². The number of hydrogen-bond acceptors (Lipinski definition) is 1. The molecule has 0 unspecified atom stereocenters. The largest absolute Gasteiger partial charge is 0.295 e. The fourth-order valence-electron chi connectivity index (χ4n) is 2.35. The van der Waals surface area contributed by atoms with Crippen LogP contribution in [0.25, 0.3) is 0 Å². The van der Waals surface area contributed by atoms with Crippen molar-refractivity contribution in [2.24, 2.45) is 5.41 Å². The summed E-state index contributed by atoms with van der Waals surface area (Å²) in [6.45, 7) is 4.45. The number of ketones is 1. The second-order valence-electron chi connectivity index (χ2n) is 4.16. The maximum Gasteiger partial charge on any atom is 0.155 e. The van der Waals surface area contributed by atoms with Crippen molar-refractivity contribution >= 4 is 5.78 Å². The van der Waals surface area contributed by atoms with E-state index in [4.69, 9.17) is 0 Å². The van der Waals surface area contributed by atoms with Crippen LogP contribution in [-0.4, -0.2) is 5.78 Å². The van der Waals surface area contributed by atoms with E-state index in [-0.39, 0.29) is 0 Å². The molecule has 1 heteroatoms. The third-order valence-electron chi connectivity index (χ3n) is 2.99. The number of carbonyl (C=O) groups is 1. The minimum absolute atomic E-state index is 0.308. The van der Waals surface area contributed by atoms with Crippen LogP contribution in [-0.2, 0) is 4.79 Å². The van der Waals surface area contributed by atoms with Crippen LogP contribution in [0.15, 0.2) is 12.2 Å². The number of hydrogen-bond donors (Lipinski definition) is 0. The third kappa shape index (κ3) is 2.68. The quantitative estimate of drug-likeness (QED) is 0.647. The third-order valence-corrected chi connectivity index (χ3v) is 2.99. The second kappa shape index (κ2) is 4.59. The van der Waals surface area contributed by atoms with Gasteiger partial charge in [-0.1, -0.05) is 32.8 Å². The van der Waals surface area contributed by atoms with Gasteiger partial charge in [0.05, 0.1) is 0 Å². The summed E-state index contributed by atoms with van der Waals surface area (Å²) in [7, 11) is 0. The molecule has 13 heavy (non-hydrogen) atoms. The Morgan fingerprint density at radius 2 is 1.92 bits per heavy atom. The van der Waals surface area contributed by atoms with Gasteiger partial charge in [0, 0.05) is 6.42 Å². The van der Waals surface area contributed by atoms with E-state index in [2.05, 4.69) is 19.9 Å². The van der Waals surface area contributed by atoms with Crippen molar-refractivity contribution in [2.75, 3.05) is 0 Å². The molecule has 1 aliphatic rings. The highest BCUT2D eigenvalue weighted by atomic mass is 16.1. The van der Waals surface area contributed by atoms with E-state index in [1.165, 1.54) is 25.7 Å². The molecule has 0 radical (unpaired) electrons. The molecular formula is C12H20O. The molecule has 0 aromatic heterocycles. The van der Waals surface area contributed by atoms with Crippen molar-refractivity contribution in [3.05, 3.63) is 12.2 Å². The fourth-order valence-corrected chi connectivity index (χ4v) is 2.35. The van der Waals surface area contributed by atoms with Gasteiger partial charge in [0.15, 0.2) is 5.78 Å². The van der Waals surface area contributed by atoms with Gasteiger partial charge >= 0.3 is 0 Å². The van der Waals surface area contributed by atoms with Crippen molar-refractivity contribution in [3.8, 4) is 0 Å². The first-order valence-corrected chi connectivity index (χ1v) is 5.44. The average molecular weight is 180 g/mol. The van der Waals surface area contributed by atoms with E-state index in [1.54, 1.807) is 6.08 Å². The van der Waals surface area contributed by atoms with Gasteiger partial charge in [0.1, 0.15) is 0 Å². The van der Waals surface area contributed by atoms with E-state index in [0.717, 1.165) is 12.8 Å². The number of carbonyl (C=O) groups excluding carboxylic acids is 1. The summed E-state index contributed by atoms with van der Waals surface area (Å²) in [5, 5.41) is 0. The summed E-state index contributed by atoms with van der Waals surface area (Å²) in [6, 6.07) is 0. The molecule has 0 amide bonds.